The molecule has 0 fully saturated rings. The van der Waals surface area contributed by atoms with E-state index in [1.807, 2.05) is 0 Å². The van der Waals surface area contributed by atoms with Gasteiger partial charge in [0.25, 0.3) is 0 Å². The van der Waals surface area contributed by atoms with E-state index in [2.05, 4.69) is 26.6 Å². The molecule has 0 aromatic heterocycles. The third-order valence-corrected chi connectivity index (χ3v) is 11.8. The fourth-order valence-corrected chi connectivity index (χ4v) is 3.66. The van der Waals surface area contributed by atoms with Gasteiger partial charge in [-0.15, -0.1) is 0 Å². The first kappa shape index (κ1) is 29.0. The summed E-state index contributed by atoms with van der Waals surface area (Å²) < 4.78 is 16.0. The first-order valence-electron chi connectivity index (χ1n) is 11.3. The molecule has 1 unspecified atom stereocenters. The summed E-state index contributed by atoms with van der Waals surface area (Å²) in [6.45, 7) is 9.68. The van der Waals surface area contributed by atoms with Crippen molar-refractivity contribution in [1.82, 2.24) is 0 Å². The minimum Gasteiger partial charge on any atom is -0.466 e. The first-order chi connectivity index (χ1) is 12.6. The van der Waals surface area contributed by atoms with Crippen molar-refractivity contribution in [3.8, 4) is 0 Å². The van der Waals surface area contributed by atoms with Gasteiger partial charge in [0, 0.05) is 6.61 Å². The molecule has 0 spiro atoms. The lowest BCUT2D eigenvalue weighted by Crippen LogP contribution is -2.17. The molecule has 0 rings (SSSR count). The highest BCUT2D eigenvalue weighted by Crippen LogP contribution is 2.12. The van der Waals surface area contributed by atoms with Crippen LogP contribution in [0.25, 0.3) is 0 Å². The summed E-state index contributed by atoms with van der Waals surface area (Å²) in [5.41, 5.74) is 0. The Morgan fingerprint density at radius 3 is 1.23 bits per heavy atom. The van der Waals surface area contributed by atoms with Crippen molar-refractivity contribution in [2.75, 3.05) is 6.61 Å². The van der Waals surface area contributed by atoms with Crippen LogP contribution in [0.5, 0.6) is 0 Å². The van der Waals surface area contributed by atoms with Crippen molar-refractivity contribution in [2.45, 2.75) is 116 Å². The van der Waals surface area contributed by atoms with E-state index in [1.165, 1.54) is 89.9 Å². The van der Waals surface area contributed by atoms with Crippen molar-refractivity contribution in [3.63, 3.8) is 0 Å². The van der Waals surface area contributed by atoms with Gasteiger partial charge in [0.15, 0.2) is 9.04 Å². The average molecular weight is 439 g/mol. The molecule has 0 heterocycles. The van der Waals surface area contributed by atoms with E-state index in [9.17, 15) is 0 Å². The van der Waals surface area contributed by atoms with Crippen molar-refractivity contribution in [2.24, 2.45) is 0 Å². The van der Waals surface area contributed by atoms with E-state index in [0.717, 1.165) is 27.6 Å². The summed E-state index contributed by atoms with van der Waals surface area (Å²) in [5, 5.41) is 0. The molecule has 0 aliphatic heterocycles. The zero-order valence-electron chi connectivity index (χ0n) is 19.0. The van der Waals surface area contributed by atoms with Crippen molar-refractivity contribution in [3.05, 3.63) is 0 Å². The fourth-order valence-electron chi connectivity index (χ4n) is 2.61. The molecular formula is C19H50O3Si4. The van der Waals surface area contributed by atoms with Gasteiger partial charge in [0.1, 0.15) is 21.0 Å². The maximum atomic E-state index is 5.65. The Bertz CT molecular complexity index is 247. The van der Waals surface area contributed by atoms with Crippen LogP contribution in [0.2, 0.25) is 19.6 Å². The number of hydrogen-bond acceptors (Lipinski definition) is 3. The molecule has 0 aromatic carbocycles. The third kappa shape index (κ3) is 29.5. The normalized spacial score (nSPS) is 12.3. The van der Waals surface area contributed by atoms with Crippen LogP contribution < -0.4 is 0 Å². The molecule has 0 aromatic rings. The highest BCUT2D eigenvalue weighted by Gasteiger charge is 2.00. The van der Waals surface area contributed by atoms with Crippen molar-refractivity contribution in [1.29, 1.82) is 0 Å². The van der Waals surface area contributed by atoms with E-state index >= 15 is 0 Å². The Balaban J connectivity index is 0. The van der Waals surface area contributed by atoms with Crippen LogP contribution in [-0.2, 0) is 12.7 Å². The molecule has 160 valence electrons. The van der Waals surface area contributed by atoms with Gasteiger partial charge in [-0.2, -0.15) is 0 Å². The van der Waals surface area contributed by atoms with Gasteiger partial charge in [-0.1, -0.05) is 90.4 Å². The SMILES string of the molecule is CCCCCCCCCCCCCCCCO[SiH](C)O[SiH3].C[SiH](C)O[SiH3]. The Kier molecular flexibility index (Phi) is 28.7. The molecule has 0 bridgehead atoms. The van der Waals surface area contributed by atoms with Crippen molar-refractivity contribution < 1.29 is 12.7 Å². The van der Waals surface area contributed by atoms with Gasteiger partial charge >= 0.3 is 9.28 Å². The Morgan fingerprint density at radius 2 is 0.923 bits per heavy atom. The molecule has 1 atom stereocenters. The van der Waals surface area contributed by atoms with Gasteiger partial charge < -0.3 is 12.7 Å². The lowest BCUT2D eigenvalue weighted by Gasteiger charge is -2.09. The van der Waals surface area contributed by atoms with Crippen LogP contribution in [0.4, 0.5) is 0 Å². The quantitative estimate of drug-likeness (QED) is 0.240. The molecule has 0 saturated heterocycles. The largest absolute Gasteiger partial charge is 0.466 e. The lowest BCUT2D eigenvalue weighted by atomic mass is 10.0. The minimum atomic E-state index is -1.21. The van der Waals surface area contributed by atoms with E-state index in [1.54, 1.807) is 0 Å². The first-order valence-corrected chi connectivity index (χ1v) is 17.8. The summed E-state index contributed by atoms with van der Waals surface area (Å²) in [6.07, 6.45) is 19.8. The summed E-state index contributed by atoms with van der Waals surface area (Å²) >= 11 is 0. The standard InChI is InChI=1S/C17H40O2Si2.C2H10OSi2/c1-3-4-5-6-7-8-9-10-11-12-13-14-15-16-17-18-21(2)19-20;1-5(2)3-4/h21H,3-17H2,1-2,20H3;5H,1-2,4H3. The topological polar surface area (TPSA) is 27.7 Å². The monoisotopic (exact) mass is 438 g/mol. The summed E-state index contributed by atoms with van der Waals surface area (Å²) in [7, 11) is -0.0329. The second-order valence-electron chi connectivity index (χ2n) is 7.55. The van der Waals surface area contributed by atoms with Crippen LogP contribution in [0.1, 0.15) is 96.8 Å². The van der Waals surface area contributed by atoms with E-state index < -0.39 is 18.3 Å². The Hall–Kier alpha value is 0.748. The van der Waals surface area contributed by atoms with Crippen molar-refractivity contribution >= 4 is 39.3 Å². The Morgan fingerprint density at radius 1 is 0.577 bits per heavy atom. The second-order valence-corrected chi connectivity index (χ2v) is 14.9. The molecule has 7 heteroatoms. The van der Waals surface area contributed by atoms with Crippen LogP contribution >= 0.6 is 0 Å². The predicted octanol–water partition coefficient (Wildman–Crippen LogP) is 3.90. The van der Waals surface area contributed by atoms with Gasteiger partial charge in [0.05, 0.1) is 0 Å². The number of rotatable bonds is 18. The summed E-state index contributed by atoms with van der Waals surface area (Å²) in [6, 6.07) is 0. The molecule has 0 amide bonds. The molecule has 0 aliphatic carbocycles. The number of unbranched alkanes of at least 4 members (excludes halogenated alkanes) is 13. The minimum absolute atomic E-state index is 0.588. The number of hydrogen-bond donors (Lipinski definition) is 0. The fraction of sp³-hybridized carbons (Fsp3) is 1.00. The van der Waals surface area contributed by atoms with E-state index in [-0.39, 0.29) is 0 Å². The highest BCUT2D eigenvalue weighted by molar-refractivity contribution is 6.52. The van der Waals surface area contributed by atoms with Gasteiger partial charge in [0.2, 0.25) is 0 Å². The summed E-state index contributed by atoms with van der Waals surface area (Å²) in [4.78, 5) is 0. The zero-order chi connectivity index (χ0) is 19.9. The molecule has 0 saturated carbocycles. The highest BCUT2D eigenvalue weighted by atomic mass is 28.3. The van der Waals surface area contributed by atoms with Gasteiger partial charge in [-0.05, 0) is 26.1 Å². The van der Waals surface area contributed by atoms with E-state index in [4.69, 9.17) is 12.7 Å². The van der Waals surface area contributed by atoms with Crippen LogP contribution in [0, 0.1) is 0 Å². The average Bonchev–Trinajstić information content (AvgIpc) is 2.65. The van der Waals surface area contributed by atoms with E-state index in [0.29, 0.717) is 0 Å². The second kappa shape index (κ2) is 25.7. The summed E-state index contributed by atoms with van der Waals surface area (Å²) in [5.74, 6) is 0. The molecule has 0 aliphatic rings. The third-order valence-electron chi connectivity index (χ3n) is 4.65. The lowest BCUT2D eigenvalue weighted by molar-refractivity contribution is 0.266. The van der Waals surface area contributed by atoms with Crippen LogP contribution in [0.3, 0.4) is 0 Å². The Labute approximate surface area is 175 Å². The van der Waals surface area contributed by atoms with Gasteiger partial charge in [-0.3, -0.25) is 0 Å². The van der Waals surface area contributed by atoms with Crippen LogP contribution in [-0.4, -0.2) is 45.9 Å². The maximum Gasteiger partial charge on any atom is 0.307 e. The maximum absolute atomic E-state index is 5.65. The predicted molar refractivity (Wildman–Crippen MR) is 130 cm³/mol. The zero-order valence-corrected chi connectivity index (χ0v) is 25.3. The molecule has 3 nitrogen and oxygen atoms in total. The molecule has 0 radical (unpaired) electrons. The van der Waals surface area contributed by atoms with Crippen LogP contribution in [0.15, 0.2) is 0 Å². The smallest absolute Gasteiger partial charge is 0.307 e. The molecular weight excluding hydrogens is 389 g/mol. The van der Waals surface area contributed by atoms with Gasteiger partial charge in [-0.25, -0.2) is 0 Å². The molecule has 0 N–H and O–H groups in total. The molecule has 26 heavy (non-hydrogen) atoms.